The van der Waals surface area contributed by atoms with Crippen LogP contribution in [-0.4, -0.2) is 23.5 Å². The minimum Gasteiger partial charge on any atom is -0.461 e. The number of hydrogen-bond donors (Lipinski definition) is 1. The van der Waals surface area contributed by atoms with E-state index in [1.807, 2.05) is 62.4 Å². The van der Waals surface area contributed by atoms with Gasteiger partial charge in [0.1, 0.15) is 5.41 Å². The number of benzene rings is 2. The molecule has 2 aromatic carbocycles. The fraction of sp³-hybridized carbons (Fsp3) is 0.333. The Hall–Kier alpha value is -3.50. The Labute approximate surface area is 202 Å². The van der Waals surface area contributed by atoms with Gasteiger partial charge in [-0.05, 0) is 42.0 Å². The Balaban J connectivity index is 1.48. The number of anilines is 1. The zero-order chi connectivity index (χ0) is 23.9. The van der Waals surface area contributed by atoms with Gasteiger partial charge in [-0.25, -0.2) is 9.78 Å². The SMILES string of the molecule is CCCCOC(=O)c1csc(NC(=O)C2(C)CC3(C#N)c4ccccc4C2c2ccccc23)n1. The summed E-state index contributed by atoms with van der Waals surface area (Å²) in [7, 11) is 0. The number of fused-ring (bicyclic) bond motifs is 1. The first-order chi connectivity index (χ1) is 16.4. The number of amides is 1. The van der Waals surface area contributed by atoms with Crippen molar-refractivity contribution in [3.8, 4) is 6.07 Å². The second-order valence-electron chi connectivity index (χ2n) is 9.20. The molecule has 0 radical (unpaired) electrons. The third kappa shape index (κ3) is 3.24. The van der Waals surface area contributed by atoms with Crippen LogP contribution in [0.25, 0.3) is 0 Å². The highest BCUT2D eigenvalue weighted by Crippen LogP contribution is 2.63. The van der Waals surface area contributed by atoms with Gasteiger partial charge in [0.25, 0.3) is 0 Å². The van der Waals surface area contributed by atoms with Crippen molar-refractivity contribution in [2.45, 2.75) is 44.4 Å². The molecule has 0 spiro atoms. The first-order valence-corrected chi connectivity index (χ1v) is 12.4. The van der Waals surface area contributed by atoms with Gasteiger partial charge in [0.05, 0.1) is 18.1 Å². The molecule has 6 nitrogen and oxygen atoms in total. The van der Waals surface area contributed by atoms with E-state index in [2.05, 4.69) is 16.4 Å². The van der Waals surface area contributed by atoms with Crippen LogP contribution < -0.4 is 5.32 Å². The fourth-order valence-electron chi connectivity index (χ4n) is 5.54. The number of carbonyl (C=O) groups is 2. The topological polar surface area (TPSA) is 92.1 Å². The van der Waals surface area contributed by atoms with Gasteiger partial charge in [-0.2, -0.15) is 5.26 Å². The molecule has 6 rings (SSSR count). The number of thiazole rings is 1. The van der Waals surface area contributed by atoms with Crippen molar-refractivity contribution in [3.63, 3.8) is 0 Å². The number of nitrogens with zero attached hydrogens (tertiary/aromatic N) is 2. The average Bonchev–Trinajstić information content (AvgIpc) is 3.33. The van der Waals surface area contributed by atoms with E-state index in [0.29, 0.717) is 18.2 Å². The molecule has 1 aromatic heterocycles. The van der Waals surface area contributed by atoms with Crippen LogP contribution in [0, 0.1) is 16.7 Å². The number of ether oxygens (including phenoxy) is 1. The predicted molar refractivity (Wildman–Crippen MR) is 130 cm³/mol. The second kappa shape index (κ2) is 8.37. The molecule has 1 unspecified atom stereocenters. The van der Waals surface area contributed by atoms with Gasteiger partial charge in [-0.3, -0.25) is 4.79 Å². The zero-order valence-electron chi connectivity index (χ0n) is 19.1. The Morgan fingerprint density at radius 1 is 1.18 bits per heavy atom. The molecular formula is C27H25N3O3S. The Morgan fingerprint density at radius 3 is 2.44 bits per heavy atom. The summed E-state index contributed by atoms with van der Waals surface area (Å²) < 4.78 is 5.23. The van der Waals surface area contributed by atoms with Gasteiger partial charge >= 0.3 is 5.97 Å². The molecule has 34 heavy (non-hydrogen) atoms. The number of nitrogens with one attached hydrogen (secondary N) is 1. The summed E-state index contributed by atoms with van der Waals surface area (Å²) in [6.45, 7) is 4.30. The summed E-state index contributed by atoms with van der Waals surface area (Å²) in [6, 6.07) is 18.5. The molecule has 3 aromatic rings. The van der Waals surface area contributed by atoms with Crippen molar-refractivity contribution in [2.24, 2.45) is 5.41 Å². The maximum atomic E-state index is 13.8. The van der Waals surface area contributed by atoms with E-state index < -0.39 is 16.8 Å². The van der Waals surface area contributed by atoms with Crippen LogP contribution in [0.3, 0.4) is 0 Å². The third-order valence-electron chi connectivity index (χ3n) is 7.11. The number of rotatable bonds is 6. The largest absolute Gasteiger partial charge is 0.461 e. The lowest BCUT2D eigenvalue weighted by atomic mass is 9.47. The quantitative estimate of drug-likeness (QED) is 0.384. The van der Waals surface area contributed by atoms with E-state index in [1.165, 1.54) is 11.3 Å². The molecule has 3 aliphatic rings. The third-order valence-corrected chi connectivity index (χ3v) is 7.86. The van der Waals surface area contributed by atoms with Gasteiger partial charge in [0.2, 0.25) is 5.91 Å². The maximum Gasteiger partial charge on any atom is 0.357 e. The first-order valence-electron chi connectivity index (χ1n) is 11.5. The Kier molecular flexibility index (Phi) is 5.49. The fourth-order valence-corrected chi connectivity index (χ4v) is 6.21. The monoisotopic (exact) mass is 471 g/mol. The average molecular weight is 472 g/mol. The highest BCUT2D eigenvalue weighted by Gasteiger charge is 2.61. The van der Waals surface area contributed by atoms with Gasteiger partial charge in [0, 0.05) is 11.3 Å². The van der Waals surface area contributed by atoms with Crippen LogP contribution >= 0.6 is 11.3 Å². The van der Waals surface area contributed by atoms with Crippen LogP contribution in [0.2, 0.25) is 0 Å². The summed E-state index contributed by atoms with van der Waals surface area (Å²) in [6.07, 6.45) is 2.10. The minimum atomic E-state index is -0.898. The van der Waals surface area contributed by atoms with E-state index in [-0.39, 0.29) is 17.5 Å². The van der Waals surface area contributed by atoms with E-state index in [4.69, 9.17) is 4.74 Å². The van der Waals surface area contributed by atoms with E-state index in [9.17, 15) is 14.9 Å². The molecule has 7 heteroatoms. The summed E-state index contributed by atoms with van der Waals surface area (Å²) >= 11 is 1.20. The van der Waals surface area contributed by atoms with Gasteiger partial charge in [0.15, 0.2) is 10.8 Å². The van der Waals surface area contributed by atoms with E-state index >= 15 is 0 Å². The minimum absolute atomic E-state index is 0.187. The Morgan fingerprint density at radius 2 is 1.82 bits per heavy atom. The molecule has 2 bridgehead atoms. The molecular weight excluding hydrogens is 446 g/mol. The molecule has 1 amide bonds. The lowest BCUT2D eigenvalue weighted by Crippen LogP contribution is -2.53. The molecule has 172 valence electrons. The Bertz CT molecular complexity index is 1280. The number of nitriles is 1. The highest BCUT2D eigenvalue weighted by molar-refractivity contribution is 7.14. The van der Waals surface area contributed by atoms with Crippen molar-refractivity contribution < 1.29 is 14.3 Å². The van der Waals surface area contributed by atoms with Gasteiger partial charge in [-0.1, -0.05) is 61.9 Å². The van der Waals surface area contributed by atoms with Crippen LogP contribution in [-0.2, 0) is 14.9 Å². The smallest absolute Gasteiger partial charge is 0.357 e. The number of unbranched alkanes of at least 4 members (excludes halogenated alkanes) is 1. The summed E-state index contributed by atoms with van der Waals surface area (Å²) in [4.78, 5) is 30.3. The van der Waals surface area contributed by atoms with Gasteiger partial charge in [-0.15, -0.1) is 11.3 Å². The van der Waals surface area contributed by atoms with Crippen LogP contribution in [0.5, 0.6) is 0 Å². The molecule has 1 N–H and O–H groups in total. The molecule has 0 saturated carbocycles. The van der Waals surface area contributed by atoms with Crippen molar-refractivity contribution in [3.05, 3.63) is 81.9 Å². The second-order valence-corrected chi connectivity index (χ2v) is 10.1. The first kappa shape index (κ1) is 22.3. The zero-order valence-corrected chi connectivity index (χ0v) is 19.9. The summed E-state index contributed by atoms with van der Waals surface area (Å²) in [5.74, 6) is -0.880. The number of hydrogen-bond acceptors (Lipinski definition) is 6. The molecule has 1 heterocycles. The molecule has 1 atom stereocenters. The van der Waals surface area contributed by atoms with Crippen molar-refractivity contribution >= 4 is 28.3 Å². The van der Waals surface area contributed by atoms with Crippen molar-refractivity contribution in [1.82, 2.24) is 4.98 Å². The molecule has 0 saturated heterocycles. The normalized spacial score (nSPS) is 24.0. The van der Waals surface area contributed by atoms with Crippen molar-refractivity contribution in [1.29, 1.82) is 5.26 Å². The van der Waals surface area contributed by atoms with E-state index in [1.54, 1.807) is 5.38 Å². The van der Waals surface area contributed by atoms with Crippen LogP contribution in [0.15, 0.2) is 53.9 Å². The number of esters is 1. The summed E-state index contributed by atoms with van der Waals surface area (Å²) in [5.41, 5.74) is 2.43. The predicted octanol–water partition coefficient (Wildman–Crippen LogP) is 5.40. The van der Waals surface area contributed by atoms with Gasteiger partial charge < -0.3 is 10.1 Å². The molecule has 0 fully saturated rings. The van der Waals surface area contributed by atoms with Crippen LogP contribution in [0.1, 0.15) is 71.8 Å². The maximum absolute atomic E-state index is 13.8. The summed E-state index contributed by atoms with van der Waals surface area (Å²) in [5, 5.41) is 15.4. The molecule has 0 aliphatic heterocycles. The number of aromatic nitrogens is 1. The lowest BCUT2D eigenvalue weighted by molar-refractivity contribution is -0.127. The lowest BCUT2D eigenvalue weighted by Gasteiger charge is -2.54. The number of carbonyl (C=O) groups excluding carboxylic acids is 2. The highest BCUT2D eigenvalue weighted by atomic mass is 32.1. The van der Waals surface area contributed by atoms with E-state index in [0.717, 1.165) is 35.1 Å². The van der Waals surface area contributed by atoms with Crippen molar-refractivity contribution in [2.75, 3.05) is 11.9 Å². The molecule has 3 aliphatic carbocycles. The standard InChI is InChI=1S/C27H25N3O3S/c1-3-4-13-33-23(31)21-14-34-25(29-21)30-24(32)26(2)15-27(16-28)19-11-7-5-9-17(19)22(26)18-10-6-8-12-20(18)27/h5-12,14,22H,3-4,13,15H2,1-2H3,(H,29,30,32). The van der Waals surface area contributed by atoms with Crippen LogP contribution in [0.4, 0.5) is 5.13 Å².